The molecule has 0 saturated heterocycles. The number of benzene rings is 1. The molecule has 0 spiro atoms. The molecule has 1 amide bonds. The third-order valence-corrected chi connectivity index (χ3v) is 9.54. The van der Waals surface area contributed by atoms with Crippen molar-refractivity contribution in [1.29, 1.82) is 0 Å². The van der Waals surface area contributed by atoms with Crippen molar-refractivity contribution in [3.63, 3.8) is 0 Å². The molecule has 0 fully saturated rings. The number of aromatic nitrogens is 1. The van der Waals surface area contributed by atoms with Gasteiger partial charge in [0.15, 0.2) is 15.6 Å². The lowest BCUT2D eigenvalue weighted by molar-refractivity contribution is 0.0740. The van der Waals surface area contributed by atoms with Crippen LogP contribution in [0.5, 0.6) is 11.5 Å². The quantitative estimate of drug-likeness (QED) is 0.277. The zero-order valence-electron chi connectivity index (χ0n) is 21.7. The van der Waals surface area contributed by atoms with Crippen LogP contribution in [0, 0.1) is 13.8 Å². The van der Waals surface area contributed by atoms with E-state index >= 15 is 0 Å². The molecule has 0 N–H and O–H groups in total. The number of carbonyl (C=O) groups excluding carboxylic acids is 2. The number of thiazole rings is 1. The number of hydrogen-bond donors (Lipinski definition) is 0. The predicted octanol–water partition coefficient (Wildman–Crippen LogP) is 4.73. The van der Waals surface area contributed by atoms with Crippen molar-refractivity contribution in [2.24, 2.45) is 0 Å². The van der Waals surface area contributed by atoms with Crippen LogP contribution in [0.4, 0.5) is 0 Å². The SMILES string of the molecule is CCS(=O)(=O)CC(=O)c1csc(CN(CCCc2sccc2C)C(=O)c2cc(OC)c(C)c(OC)c2)n1. The van der Waals surface area contributed by atoms with E-state index in [-0.39, 0.29) is 23.9 Å². The molecular formula is C26H32N2O6S3. The van der Waals surface area contributed by atoms with Crippen molar-refractivity contribution in [2.75, 3.05) is 32.3 Å². The van der Waals surface area contributed by atoms with E-state index < -0.39 is 21.4 Å². The van der Waals surface area contributed by atoms with Crippen molar-refractivity contribution in [3.8, 4) is 11.5 Å². The first-order valence-corrected chi connectivity index (χ1v) is 15.4. The van der Waals surface area contributed by atoms with Crippen molar-refractivity contribution in [2.45, 2.75) is 40.2 Å². The van der Waals surface area contributed by atoms with Gasteiger partial charge in [-0.25, -0.2) is 13.4 Å². The number of rotatable bonds is 13. The monoisotopic (exact) mass is 564 g/mol. The predicted molar refractivity (Wildman–Crippen MR) is 147 cm³/mol. The minimum Gasteiger partial charge on any atom is -0.496 e. The molecule has 0 bridgehead atoms. The summed E-state index contributed by atoms with van der Waals surface area (Å²) in [7, 11) is -0.365. The number of aryl methyl sites for hydroxylation is 2. The second-order valence-corrected chi connectivity index (χ2v) is 12.9. The van der Waals surface area contributed by atoms with Crippen molar-refractivity contribution >= 4 is 44.2 Å². The average molecular weight is 565 g/mol. The van der Waals surface area contributed by atoms with Gasteiger partial charge in [-0.3, -0.25) is 9.59 Å². The molecular weight excluding hydrogens is 532 g/mol. The highest BCUT2D eigenvalue weighted by atomic mass is 32.2. The molecule has 1 aromatic carbocycles. The second-order valence-electron chi connectivity index (χ2n) is 8.59. The van der Waals surface area contributed by atoms with Crippen molar-refractivity contribution < 1.29 is 27.5 Å². The Labute approximate surface area is 226 Å². The highest BCUT2D eigenvalue weighted by molar-refractivity contribution is 7.92. The molecule has 8 nitrogen and oxygen atoms in total. The minimum absolute atomic E-state index is 0.106. The number of carbonyl (C=O) groups is 2. The number of Topliss-reactive ketones (excluding diaryl/α,β-unsaturated/α-hetero) is 1. The Kier molecular flexibility index (Phi) is 9.86. The summed E-state index contributed by atoms with van der Waals surface area (Å²) in [5, 5.41) is 4.17. The van der Waals surface area contributed by atoms with Crippen LogP contribution in [0.1, 0.15) is 55.2 Å². The Hall–Kier alpha value is -2.76. The first-order valence-electron chi connectivity index (χ1n) is 11.8. The number of methoxy groups -OCH3 is 2. The van der Waals surface area contributed by atoms with Gasteiger partial charge in [0.2, 0.25) is 0 Å². The van der Waals surface area contributed by atoms with Crippen LogP contribution >= 0.6 is 22.7 Å². The van der Waals surface area contributed by atoms with E-state index in [0.29, 0.717) is 28.6 Å². The highest BCUT2D eigenvalue weighted by Gasteiger charge is 2.23. The first-order chi connectivity index (χ1) is 17.6. The van der Waals surface area contributed by atoms with E-state index in [4.69, 9.17) is 9.47 Å². The maximum absolute atomic E-state index is 13.7. The summed E-state index contributed by atoms with van der Waals surface area (Å²) >= 11 is 2.94. The van der Waals surface area contributed by atoms with Crippen LogP contribution < -0.4 is 9.47 Å². The van der Waals surface area contributed by atoms with Gasteiger partial charge in [0.25, 0.3) is 5.91 Å². The van der Waals surface area contributed by atoms with E-state index in [2.05, 4.69) is 23.4 Å². The summed E-state index contributed by atoms with van der Waals surface area (Å²) in [6, 6.07) is 5.48. The minimum atomic E-state index is -3.46. The lowest BCUT2D eigenvalue weighted by Gasteiger charge is -2.23. The molecule has 0 radical (unpaired) electrons. The summed E-state index contributed by atoms with van der Waals surface area (Å²) in [5.41, 5.74) is 2.57. The third-order valence-electron chi connectivity index (χ3n) is 6.04. The number of ether oxygens (including phenoxy) is 2. The van der Waals surface area contributed by atoms with Gasteiger partial charge < -0.3 is 14.4 Å². The molecule has 3 aromatic rings. The number of thiophene rings is 1. The van der Waals surface area contributed by atoms with Crippen LogP contribution in [0.15, 0.2) is 29.0 Å². The molecule has 37 heavy (non-hydrogen) atoms. The molecule has 2 heterocycles. The van der Waals surface area contributed by atoms with Crippen LogP contribution in [0.2, 0.25) is 0 Å². The summed E-state index contributed by atoms with van der Waals surface area (Å²) < 4.78 is 34.6. The van der Waals surface area contributed by atoms with E-state index in [1.807, 2.05) is 6.92 Å². The Morgan fingerprint density at radius 1 is 1.08 bits per heavy atom. The van der Waals surface area contributed by atoms with E-state index in [1.54, 1.807) is 48.0 Å². The molecule has 0 saturated carbocycles. The highest BCUT2D eigenvalue weighted by Crippen LogP contribution is 2.30. The largest absolute Gasteiger partial charge is 0.496 e. The smallest absolute Gasteiger partial charge is 0.254 e. The number of nitrogens with zero attached hydrogens (tertiary/aromatic N) is 2. The Morgan fingerprint density at radius 2 is 1.76 bits per heavy atom. The zero-order chi connectivity index (χ0) is 27.2. The van der Waals surface area contributed by atoms with E-state index in [0.717, 1.165) is 18.4 Å². The fourth-order valence-electron chi connectivity index (χ4n) is 3.79. The van der Waals surface area contributed by atoms with Gasteiger partial charge >= 0.3 is 0 Å². The lowest BCUT2D eigenvalue weighted by atomic mass is 10.1. The van der Waals surface area contributed by atoms with Gasteiger partial charge in [-0.05, 0) is 55.8 Å². The van der Waals surface area contributed by atoms with Crippen molar-refractivity contribution in [1.82, 2.24) is 9.88 Å². The van der Waals surface area contributed by atoms with Gasteiger partial charge in [-0.2, -0.15) is 0 Å². The number of ketones is 1. The number of hydrogen-bond acceptors (Lipinski definition) is 9. The molecule has 3 rings (SSSR count). The van der Waals surface area contributed by atoms with Gasteiger partial charge in [-0.15, -0.1) is 22.7 Å². The lowest BCUT2D eigenvalue weighted by Crippen LogP contribution is -2.32. The van der Waals surface area contributed by atoms with Crippen LogP contribution in [0.3, 0.4) is 0 Å². The van der Waals surface area contributed by atoms with E-state index in [1.165, 1.54) is 28.7 Å². The molecule has 0 atom stereocenters. The molecule has 0 unspecified atom stereocenters. The Morgan fingerprint density at radius 3 is 2.32 bits per heavy atom. The van der Waals surface area contributed by atoms with Crippen LogP contribution in [0.25, 0.3) is 0 Å². The second kappa shape index (κ2) is 12.7. The standard InChI is InChI=1S/C26H32N2O6S3/c1-6-37(31,32)16-21(29)20-15-36-25(27-20)14-28(10-7-8-24-17(2)9-11-35-24)26(30)19-12-22(33-4)18(3)23(13-19)34-5/h9,11-13,15H,6-8,10,14,16H2,1-5H3. The summed E-state index contributed by atoms with van der Waals surface area (Å²) in [6.07, 6.45) is 1.59. The van der Waals surface area contributed by atoms with Gasteiger partial charge in [-0.1, -0.05) is 6.92 Å². The fraction of sp³-hybridized carbons (Fsp3) is 0.423. The molecule has 11 heteroatoms. The number of amides is 1. The summed E-state index contributed by atoms with van der Waals surface area (Å²) in [4.78, 5) is 33.5. The first kappa shape index (κ1) is 28.8. The summed E-state index contributed by atoms with van der Waals surface area (Å²) in [5.74, 6) is -0.323. The Balaban J connectivity index is 1.84. The topological polar surface area (TPSA) is 103 Å². The maximum Gasteiger partial charge on any atom is 0.254 e. The fourth-order valence-corrected chi connectivity index (χ4v) is 6.30. The third kappa shape index (κ3) is 7.39. The van der Waals surface area contributed by atoms with Gasteiger partial charge in [0.1, 0.15) is 28.0 Å². The molecule has 200 valence electrons. The maximum atomic E-state index is 13.7. The Bertz CT molecular complexity index is 1340. The molecule has 0 aliphatic carbocycles. The summed E-state index contributed by atoms with van der Waals surface area (Å²) in [6.45, 7) is 6.11. The van der Waals surface area contributed by atoms with Crippen molar-refractivity contribution in [3.05, 3.63) is 61.2 Å². The van der Waals surface area contributed by atoms with Gasteiger partial charge in [0.05, 0.1) is 20.8 Å². The molecule has 2 aromatic heterocycles. The molecule has 0 aliphatic heterocycles. The molecule has 0 aliphatic rings. The zero-order valence-corrected chi connectivity index (χ0v) is 24.1. The van der Waals surface area contributed by atoms with Crippen LogP contribution in [-0.2, 0) is 22.8 Å². The normalized spacial score (nSPS) is 11.4. The average Bonchev–Trinajstić information content (AvgIpc) is 3.52. The van der Waals surface area contributed by atoms with E-state index in [9.17, 15) is 18.0 Å². The number of sulfone groups is 1. The van der Waals surface area contributed by atoms with Gasteiger partial charge in [0, 0.05) is 33.7 Å². The van der Waals surface area contributed by atoms with Crippen LogP contribution in [-0.4, -0.2) is 62.3 Å².